The highest BCUT2D eigenvalue weighted by atomic mass is 16.5. The van der Waals surface area contributed by atoms with Crippen molar-refractivity contribution < 1.29 is 29.3 Å². The van der Waals surface area contributed by atoms with Gasteiger partial charge in [-0.15, -0.1) is 0 Å². The Balaban J connectivity index is 1.32. The maximum Gasteiger partial charge on any atom is 0.407 e. The summed E-state index contributed by atoms with van der Waals surface area (Å²) in [7, 11) is 0. The minimum absolute atomic E-state index is 0.0283. The summed E-state index contributed by atoms with van der Waals surface area (Å²) in [6, 6.07) is 14.7. The second kappa shape index (κ2) is 10.0. The van der Waals surface area contributed by atoms with Crippen molar-refractivity contribution in [1.82, 2.24) is 10.6 Å². The van der Waals surface area contributed by atoms with Gasteiger partial charge in [-0.3, -0.25) is 4.79 Å². The third-order valence-electron chi connectivity index (χ3n) is 6.51. The topological polar surface area (TPSA) is 125 Å². The van der Waals surface area contributed by atoms with Crippen LogP contribution in [-0.2, 0) is 14.3 Å². The fourth-order valence-electron chi connectivity index (χ4n) is 4.84. The number of aliphatic hydroxyl groups excluding tert-OH is 1. The Hall–Kier alpha value is -3.39. The van der Waals surface area contributed by atoms with Gasteiger partial charge in [0.15, 0.2) is 0 Å². The zero-order valence-electron chi connectivity index (χ0n) is 18.2. The van der Waals surface area contributed by atoms with Crippen LogP contribution in [0.3, 0.4) is 0 Å². The number of alkyl carbamates (subject to hydrolysis) is 1. The van der Waals surface area contributed by atoms with Gasteiger partial charge in [-0.1, -0.05) is 55.0 Å². The number of carboxylic acid groups (broad SMARTS) is 1. The fraction of sp³-hybridized carbons (Fsp3) is 0.400. The standard InChI is InChI=1S/C25H28N2O6/c28-13-22(24(30)31)27-23(29)15-6-5-7-16(12-15)26-25(32)33-14-21-19-10-3-1-8-17(19)18-9-2-4-11-20(18)21/h1-4,8-11,15-16,21-22,28H,5-7,12-14H2,(H,26,32)(H,27,29)(H,30,31)/t15-,16-,22-/m1/s1. The highest BCUT2D eigenvalue weighted by molar-refractivity contribution is 5.85. The van der Waals surface area contributed by atoms with Gasteiger partial charge in [0, 0.05) is 17.9 Å². The molecule has 2 aliphatic rings. The molecule has 0 spiro atoms. The summed E-state index contributed by atoms with van der Waals surface area (Å²) in [6.07, 6.45) is 1.92. The quantitative estimate of drug-likeness (QED) is 0.512. The molecule has 3 atom stereocenters. The number of benzene rings is 2. The number of nitrogens with one attached hydrogen (secondary N) is 2. The molecule has 4 N–H and O–H groups in total. The maximum atomic E-state index is 12.5. The van der Waals surface area contributed by atoms with Gasteiger partial charge in [-0.05, 0) is 41.5 Å². The Morgan fingerprint density at radius 1 is 1.00 bits per heavy atom. The maximum absolute atomic E-state index is 12.5. The summed E-state index contributed by atoms with van der Waals surface area (Å²) < 4.78 is 5.59. The van der Waals surface area contributed by atoms with Crippen LogP contribution in [0.2, 0.25) is 0 Å². The second-order valence-electron chi connectivity index (χ2n) is 8.61. The number of ether oxygens (including phenoxy) is 1. The van der Waals surface area contributed by atoms with Crippen molar-refractivity contribution in [2.75, 3.05) is 13.2 Å². The molecule has 2 amide bonds. The number of carboxylic acids is 1. The Kier molecular flexibility index (Phi) is 6.93. The lowest BCUT2D eigenvalue weighted by Crippen LogP contribution is -2.48. The molecule has 0 radical (unpaired) electrons. The number of fused-ring (bicyclic) bond motifs is 3. The lowest BCUT2D eigenvalue weighted by atomic mass is 9.85. The van der Waals surface area contributed by atoms with Crippen LogP contribution in [0.4, 0.5) is 4.79 Å². The number of aliphatic carboxylic acids is 1. The summed E-state index contributed by atoms with van der Waals surface area (Å²) in [6.45, 7) is -0.456. The number of carbonyl (C=O) groups excluding carboxylic acids is 2. The van der Waals surface area contributed by atoms with E-state index in [2.05, 4.69) is 34.9 Å². The van der Waals surface area contributed by atoms with Gasteiger partial charge in [-0.25, -0.2) is 9.59 Å². The number of aliphatic hydroxyl groups is 1. The largest absolute Gasteiger partial charge is 0.480 e. The summed E-state index contributed by atoms with van der Waals surface area (Å²) in [5, 5.41) is 23.3. The van der Waals surface area contributed by atoms with Crippen LogP contribution in [0, 0.1) is 5.92 Å². The van der Waals surface area contributed by atoms with E-state index in [4.69, 9.17) is 14.9 Å². The van der Waals surface area contributed by atoms with Gasteiger partial charge in [0.1, 0.15) is 12.6 Å². The first-order valence-electron chi connectivity index (χ1n) is 11.2. The average molecular weight is 453 g/mol. The van der Waals surface area contributed by atoms with Crippen molar-refractivity contribution in [1.29, 1.82) is 0 Å². The first-order valence-corrected chi connectivity index (χ1v) is 11.2. The normalized spacial score (nSPS) is 20.3. The Bertz CT molecular complexity index is 994. The highest BCUT2D eigenvalue weighted by Gasteiger charge is 2.32. The first-order chi connectivity index (χ1) is 16.0. The molecule has 8 nitrogen and oxygen atoms in total. The molecule has 1 fully saturated rings. The molecule has 2 aliphatic carbocycles. The molecule has 0 bridgehead atoms. The van der Waals surface area contributed by atoms with Gasteiger partial charge >= 0.3 is 12.1 Å². The molecule has 1 saturated carbocycles. The predicted molar refractivity (Wildman–Crippen MR) is 121 cm³/mol. The zero-order chi connectivity index (χ0) is 23.4. The van der Waals surface area contributed by atoms with Gasteiger partial charge in [0.05, 0.1) is 6.61 Å². The van der Waals surface area contributed by atoms with E-state index in [9.17, 15) is 14.4 Å². The van der Waals surface area contributed by atoms with Crippen molar-refractivity contribution in [2.24, 2.45) is 5.92 Å². The Morgan fingerprint density at radius 2 is 1.64 bits per heavy atom. The number of rotatable bonds is 7. The van der Waals surface area contributed by atoms with Crippen molar-refractivity contribution in [2.45, 2.75) is 43.7 Å². The average Bonchev–Trinajstić information content (AvgIpc) is 3.14. The van der Waals surface area contributed by atoms with Crippen molar-refractivity contribution in [3.63, 3.8) is 0 Å². The van der Waals surface area contributed by atoms with Crippen LogP contribution in [0.1, 0.15) is 42.7 Å². The number of hydrogen-bond donors (Lipinski definition) is 4. The molecule has 33 heavy (non-hydrogen) atoms. The lowest BCUT2D eigenvalue weighted by Gasteiger charge is -2.29. The summed E-state index contributed by atoms with van der Waals surface area (Å²) in [5.41, 5.74) is 4.59. The predicted octanol–water partition coefficient (Wildman–Crippen LogP) is 2.65. The van der Waals surface area contributed by atoms with Gasteiger partial charge in [0.25, 0.3) is 0 Å². The smallest absolute Gasteiger partial charge is 0.407 e. The van der Waals surface area contributed by atoms with Crippen LogP contribution in [0.5, 0.6) is 0 Å². The molecule has 4 rings (SSSR count). The molecule has 0 saturated heterocycles. The van der Waals surface area contributed by atoms with E-state index in [1.165, 1.54) is 0 Å². The van der Waals surface area contributed by atoms with Crippen molar-refractivity contribution >= 4 is 18.0 Å². The third kappa shape index (κ3) is 5.01. The first kappa shape index (κ1) is 22.8. The fourth-order valence-corrected chi connectivity index (χ4v) is 4.84. The molecule has 174 valence electrons. The van der Waals surface area contributed by atoms with Crippen LogP contribution in [0.15, 0.2) is 48.5 Å². The molecule has 0 heterocycles. The summed E-state index contributed by atoms with van der Waals surface area (Å²) in [5.74, 6) is -2.16. The highest BCUT2D eigenvalue weighted by Crippen LogP contribution is 2.44. The van der Waals surface area contributed by atoms with Crippen molar-refractivity contribution in [3.05, 3.63) is 59.7 Å². The monoisotopic (exact) mass is 452 g/mol. The molecule has 8 heteroatoms. The minimum Gasteiger partial charge on any atom is -0.480 e. The van der Waals surface area contributed by atoms with Crippen LogP contribution in [0.25, 0.3) is 11.1 Å². The van der Waals surface area contributed by atoms with E-state index in [1.54, 1.807) is 0 Å². The summed E-state index contributed by atoms with van der Waals surface area (Å²) >= 11 is 0. The number of amides is 2. The second-order valence-corrected chi connectivity index (χ2v) is 8.61. The van der Waals surface area contributed by atoms with Gasteiger partial charge < -0.3 is 25.6 Å². The Morgan fingerprint density at radius 3 is 2.24 bits per heavy atom. The SMILES string of the molecule is O=C(N[C@@H]1CCC[C@@H](C(=O)N[C@H](CO)C(=O)O)C1)OCC1c2ccccc2-c2ccccc21. The number of hydrogen-bond acceptors (Lipinski definition) is 5. The van der Waals surface area contributed by atoms with Crippen molar-refractivity contribution in [3.8, 4) is 11.1 Å². The molecule has 0 aromatic heterocycles. The molecule has 0 unspecified atom stereocenters. The van der Waals surface area contributed by atoms with Crippen LogP contribution in [-0.4, -0.2) is 53.5 Å². The molecule has 2 aromatic carbocycles. The molecule has 2 aromatic rings. The number of carbonyl (C=O) groups is 3. The van der Waals surface area contributed by atoms with Crippen LogP contribution >= 0.6 is 0 Å². The van der Waals surface area contributed by atoms with E-state index in [0.29, 0.717) is 12.8 Å². The summed E-state index contributed by atoms with van der Waals surface area (Å²) in [4.78, 5) is 36.0. The van der Waals surface area contributed by atoms with E-state index in [-0.39, 0.29) is 18.6 Å². The van der Waals surface area contributed by atoms with E-state index < -0.39 is 36.5 Å². The Labute approximate surface area is 192 Å². The molecular formula is C25H28N2O6. The van der Waals surface area contributed by atoms with Crippen LogP contribution < -0.4 is 10.6 Å². The molecule has 0 aliphatic heterocycles. The third-order valence-corrected chi connectivity index (χ3v) is 6.51. The molecular weight excluding hydrogens is 424 g/mol. The minimum atomic E-state index is -1.33. The van der Waals surface area contributed by atoms with Gasteiger partial charge in [-0.2, -0.15) is 0 Å². The van der Waals surface area contributed by atoms with E-state index in [0.717, 1.165) is 35.1 Å². The zero-order valence-corrected chi connectivity index (χ0v) is 18.2. The van der Waals surface area contributed by atoms with Gasteiger partial charge in [0.2, 0.25) is 5.91 Å². The van der Waals surface area contributed by atoms with E-state index >= 15 is 0 Å². The van der Waals surface area contributed by atoms with E-state index in [1.807, 2.05) is 24.3 Å². The lowest BCUT2D eigenvalue weighted by molar-refractivity contribution is -0.143.